The predicted molar refractivity (Wildman–Crippen MR) is 121 cm³/mol. The number of hydrogen-bond acceptors (Lipinski definition) is 7. The average molecular weight is 470 g/mol. The first kappa shape index (κ1) is 24.0. The minimum absolute atomic E-state index is 0.0118. The summed E-state index contributed by atoms with van der Waals surface area (Å²) in [6, 6.07) is 19.1. The van der Waals surface area contributed by atoms with E-state index in [9.17, 15) is 18.0 Å². The van der Waals surface area contributed by atoms with Crippen LogP contribution in [0.5, 0.6) is 11.5 Å². The van der Waals surface area contributed by atoms with E-state index in [1.807, 2.05) is 18.2 Å². The molecule has 0 bridgehead atoms. The Balaban J connectivity index is 1.65. The number of ether oxygens (including phenoxy) is 3. The zero-order valence-electron chi connectivity index (χ0n) is 18.1. The molecular formula is C24H23NO7S. The maximum absolute atomic E-state index is 12.6. The fourth-order valence-electron chi connectivity index (χ4n) is 2.96. The standard InChI is InChI=1S/C24H23NO7S/c1-30-22-12-11-18(14-23(22)31-2)21(26)16-32-24(27)19-9-6-10-20(13-19)33(28,29)25-15-17-7-4-3-5-8-17/h3-14,25H,15-16H2,1-2H3. The molecule has 0 fully saturated rings. The summed E-state index contributed by atoms with van der Waals surface area (Å²) in [5, 5.41) is 0. The van der Waals surface area contributed by atoms with Gasteiger partial charge in [0.1, 0.15) is 0 Å². The Morgan fingerprint density at radius 1 is 0.818 bits per heavy atom. The molecule has 0 aliphatic heterocycles. The third kappa shape index (κ3) is 6.18. The molecule has 0 aliphatic rings. The fourth-order valence-corrected chi connectivity index (χ4v) is 4.02. The zero-order valence-corrected chi connectivity index (χ0v) is 18.9. The Bertz CT molecular complexity index is 1240. The molecule has 0 saturated carbocycles. The lowest BCUT2D eigenvalue weighted by Crippen LogP contribution is -2.23. The molecule has 0 atom stereocenters. The van der Waals surface area contributed by atoms with Crippen molar-refractivity contribution < 1.29 is 32.2 Å². The van der Waals surface area contributed by atoms with Gasteiger partial charge < -0.3 is 14.2 Å². The van der Waals surface area contributed by atoms with Crippen LogP contribution in [0, 0.1) is 0 Å². The molecule has 0 unspecified atom stereocenters. The van der Waals surface area contributed by atoms with E-state index in [2.05, 4.69) is 4.72 Å². The highest BCUT2D eigenvalue weighted by molar-refractivity contribution is 7.89. The van der Waals surface area contributed by atoms with Crippen molar-refractivity contribution in [2.45, 2.75) is 11.4 Å². The Labute approximate surface area is 192 Å². The number of carbonyl (C=O) groups is 2. The Morgan fingerprint density at radius 3 is 2.24 bits per heavy atom. The van der Waals surface area contributed by atoms with E-state index < -0.39 is 28.4 Å². The van der Waals surface area contributed by atoms with Crippen molar-refractivity contribution in [2.24, 2.45) is 0 Å². The summed E-state index contributed by atoms with van der Waals surface area (Å²) in [5.74, 6) is -0.429. The number of carbonyl (C=O) groups excluding carboxylic acids is 2. The maximum Gasteiger partial charge on any atom is 0.338 e. The molecule has 0 saturated heterocycles. The van der Waals surface area contributed by atoms with Crippen LogP contribution in [0.1, 0.15) is 26.3 Å². The molecule has 33 heavy (non-hydrogen) atoms. The lowest BCUT2D eigenvalue weighted by molar-refractivity contribution is 0.0474. The summed E-state index contributed by atoms with van der Waals surface area (Å²) >= 11 is 0. The third-order valence-corrected chi connectivity index (χ3v) is 6.13. The highest BCUT2D eigenvalue weighted by Crippen LogP contribution is 2.27. The number of ketones is 1. The largest absolute Gasteiger partial charge is 0.493 e. The van der Waals surface area contributed by atoms with E-state index >= 15 is 0 Å². The first-order chi connectivity index (χ1) is 15.8. The van der Waals surface area contributed by atoms with Crippen molar-refractivity contribution in [3.8, 4) is 11.5 Å². The van der Waals surface area contributed by atoms with Crippen LogP contribution in [0.2, 0.25) is 0 Å². The number of benzene rings is 3. The van der Waals surface area contributed by atoms with Gasteiger partial charge in [-0.3, -0.25) is 4.79 Å². The molecule has 172 valence electrons. The number of sulfonamides is 1. The normalized spacial score (nSPS) is 11.0. The minimum Gasteiger partial charge on any atom is -0.493 e. The quantitative estimate of drug-likeness (QED) is 0.359. The molecule has 0 aromatic heterocycles. The van der Waals surface area contributed by atoms with E-state index in [0.29, 0.717) is 11.5 Å². The molecular weight excluding hydrogens is 446 g/mol. The van der Waals surface area contributed by atoms with Gasteiger partial charge in [-0.15, -0.1) is 0 Å². The van der Waals surface area contributed by atoms with Crippen LogP contribution >= 0.6 is 0 Å². The van der Waals surface area contributed by atoms with E-state index in [1.54, 1.807) is 18.2 Å². The van der Waals surface area contributed by atoms with Gasteiger partial charge >= 0.3 is 5.97 Å². The zero-order chi connectivity index (χ0) is 23.8. The second kappa shape index (κ2) is 10.8. The molecule has 3 aromatic carbocycles. The van der Waals surface area contributed by atoms with Crippen molar-refractivity contribution in [3.63, 3.8) is 0 Å². The number of Topliss-reactive ketones (excluding diaryl/α,β-unsaturated/α-hetero) is 1. The molecule has 0 spiro atoms. The first-order valence-electron chi connectivity index (χ1n) is 9.90. The fraction of sp³-hybridized carbons (Fsp3) is 0.167. The van der Waals surface area contributed by atoms with E-state index in [0.717, 1.165) is 5.56 Å². The molecule has 0 heterocycles. The van der Waals surface area contributed by atoms with Crippen molar-refractivity contribution in [2.75, 3.05) is 20.8 Å². The van der Waals surface area contributed by atoms with Crippen molar-refractivity contribution in [1.82, 2.24) is 4.72 Å². The summed E-state index contributed by atoms with van der Waals surface area (Å²) in [7, 11) is -0.928. The average Bonchev–Trinajstić information content (AvgIpc) is 2.86. The van der Waals surface area contributed by atoms with Crippen molar-refractivity contribution in [1.29, 1.82) is 0 Å². The van der Waals surface area contributed by atoms with Gasteiger partial charge in [-0.05, 0) is 42.0 Å². The lowest BCUT2D eigenvalue weighted by Gasteiger charge is -2.10. The van der Waals surface area contributed by atoms with Gasteiger partial charge in [0.25, 0.3) is 0 Å². The molecule has 0 radical (unpaired) electrons. The number of methoxy groups -OCH3 is 2. The SMILES string of the molecule is COc1ccc(C(=O)COC(=O)c2cccc(S(=O)(=O)NCc3ccccc3)c2)cc1OC. The molecule has 9 heteroatoms. The van der Waals surface area contributed by atoms with Crippen LogP contribution in [0.25, 0.3) is 0 Å². The van der Waals surface area contributed by atoms with Crippen LogP contribution < -0.4 is 14.2 Å². The third-order valence-electron chi connectivity index (χ3n) is 4.73. The Morgan fingerprint density at radius 2 is 1.55 bits per heavy atom. The topological polar surface area (TPSA) is 108 Å². The highest BCUT2D eigenvalue weighted by Gasteiger charge is 2.18. The van der Waals surface area contributed by atoms with Gasteiger partial charge in [-0.1, -0.05) is 36.4 Å². The van der Waals surface area contributed by atoms with Crippen molar-refractivity contribution >= 4 is 21.8 Å². The number of esters is 1. The molecule has 0 amide bonds. The number of hydrogen-bond donors (Lipinski definition) is 1. The Hall–Kier alpha value is -3.69. The summed E-state index contributed by atoms with van der Waals surface area (Å²) in [5.41, 5.74) is 1.09. The van der Waals surface area contributed by atoms with Gasteiger partial charge in [0.05, 0.1) is 24.7 Å². The van der Waals surface area contributed by atoms with Gasteiger partial charge in [0, 0.05) is 12.1 Å². The predicted octanol–water partition coefficient (Wildman–Crippen LogP) is 3.22. The summed E-state index contributed by atoms with van der Waals surface area (Å²) < 4.78 is 43.1. The van der Waals surface area contributed by atoms with E-state index in [4.69, 9.17) is 14.2 Å². The number of rotatable bonds is 10. The summed E-state index contributed by atoms with van der Waals surface area (Å²) in [6.45, 7) is -0.408. The van der Waals surface area contributed by atoms with E-state index in [-0.39, 0.29) is 22.6 Å². The van der Waals surface area contributed by atoms with Crippen LogP contribution in [-0.4, -0.2) is 41.0 Å². The molecule has 1 N–H and O–H groups in total. The van der Waals surface area contributed by atoms with Crippen LogP contribution in [-0.2, 0) is 21.3 Å². The molecule has 3 rings (SSSR count). The molecule has 3 aromatic rings. The van der Waals surface area contributed by atoms with Crippen LogP contribution in [0.3, 0.4) is 0 Å². The second-order valence-electron chi connectivity index (χ2n) is 6.91. The molecule has 8 nitrogen and oxygen atoms in total. The van der Waals surface area contributed by atoms with Gasteiger partial charge in [-0.2, -0.15) is 0 Å². The van der Waals surface area contributed by atoms with Gasteiger partial charge in [0.2, 0.25) is 10.0 Å². The van der Waals surface area contributed by atoms with Crippen molar-refractivity contribution in [3.05, 3.63) is 89.5 Å². The highest BCUT2D eigenvalue weighted by atomic mass is 32.2. The maximum atomic E-state index is 12.6. The molecule has 0 aliphatic carbocycles. The number of nitrogens with one attached hydrogen (secondary N) is 1. The van der Waals surface area contributed by atoms with Crippen LogP contribution in [0.15, 0.2) is 77.7 Å². The second-order valence-corrected chi connectivity index (χ2v) is 8.67. The smallest absolute Gasteiger partial charge is 0.338 e. The van der Waals surface area contributed by atoms with Crippen LogP contribution in [0.4, 0.5) is 0 Å². The lowest BCUT2D eigenvalue weighted by atomic mass is 10.1. The monoisotopic (exact) mass is 469 g/mol. The minimum atomic E-state index is -3.85. The van der Waals surface area contributed by atoms with E-state index in [1.165, 1.54) is 50.6 Å². The first-order valence-corrected chi connectivity index (χ1v) is 11.4. The van der Waals surface area contributed by atoms with Gasteiger partial charge in [0.15, 0.2) is 23.9 Å². The van der Waals surface area contributed by atoms with Gasteiger partial charge in [-0.25, -0.2) is 17.9 Å². The summed E-state index contributed by atoms with van der Waals surface area (Å²) in [6.07, 6.45) is 0. The Kier molecular flexibility index (Phi) is 7.81. The summed E-state index contributed by atoms with van der Waals surface area (Å²) in [4.78, 5) is 24.8.